The normalized spacial score (nSPS) is 9.39. The summed E-state index contributed by atoms with van der Waals surface area (Å²) in [6, 6.07) is 1.72. The van der Waals surface area contributed by atoms with E-state index in [1.807, 2.05) is 0 Å². The van der Waals surface area contributed by atoms with Crippen LogP contribution in [0.1, 0.15) is 15.2 Å². The van der Waals surface area contributed by atoms with Gasteiger partial charge in [0, 0.05) is 17.8 Å². The van der Waals surface area contributed by atoms with Crippen molar-refractivity contribution in [3.63, 3.8) is 0 Å². The van der Waals surface area contributed by atoms with Gasteiger partial charge in [-0.1, -0.05) is 11.8 Å². The van der Waals surface area contributed by atoms with Crippen LogP contribution in [0, 0.1) is 11.8 Å². The second-order valence-corrected chi connectivity index (χ2v) is 4.16. The van der Waals surface area contributed by atoms with Gasteiger partial charge in [-0.25, -0.2) is 4.98 Å². The quantitative estimate of drug-likeness (QED) is 0.790. The summed E-state index contributed by atoms with van der Waals surface area (Å²) >= 11 is 1.40. The third-order valence-electron chi connectivity index (χ3n) is 1.98. The fraction of sp³-hybridized carbons (Fsp3) is 0.0833. The number of nitrogens with one attached hydrogen (secondary N) is 1. The Bertz CT molecular complexity index is 597. The number of hydrogen-bond acceptors (Lipinski definition) is 5. The molecule has 0 aromatic carbocycles. The Hall–Kier alpha value is -2.23. The van der Waals surface area contributed by atoms with Crippen molar-refractivity contribution in [2.45, 2.75) is 0 Å². The van der Waals surface area contributed by atoms with Crippen LogP contribution in [0.5, 0.6) is 0 Å². The predicted molar refractivity (Wildman–Crippen MR) is 70.2 cm³/mol. The van der Waals surface area contributed by atoms with E-state index in [0.29, 0.717) is 17.9 Å². The maximum absolute atomic E-state index is 11.9. The van der Waals surface area contributed by atoms with E-state index in [9.17, 15) is 4.79 Å². The lowest BCUT2D eigenvalue weighted by atomic mass is 10.3. The molecular formula is C12H10N4OS. The molecule has 0 saturated heterocycles. The van der Waals surface area contributed by atoms with Gasteiger partial charge >= 0.3 is 0 Å². The third kappa shape index (κ3) is 3.13. The number of rotatable bonds is 2. The number of hydrogen-bond donors (Lipinski definition) is 2. The molecule has 5 nitrogen and oxygen atoms in total. The minimum absolute atomic E-state index is 0.229. The Balaban J connectivity index is 2.08. The number of thiophene rings is 1. The highest BCUT2D eigenvalue weighted by atomic mass is 32.1. The Morgan fingerprint density at radius 1 is 1.50 bits per heavy atom. The van der Waals surface area contributed by atoms with Crippen LogP contribution in [0.4, 0.5) is 5.82 Å². The second kappa shape index (κ2) is 5.91. The van der Waals surface area contributed by atoms with Crippen LogP contribution in [-0.2, 0) is 0 Å². The number of aromatic nitrogens is 2. The molecule has 0 atom stereocenters. The zero-order valence-corrected chi connectivity index (χ0v) is 10.2. The van der Waals surface area contributed by atoms with E-state index in [1.54, 1.807) is 17.6 Å². The zero-order valence-electron chi connectivity index (χ0n) is 9.38. The van der Waals surface area contributed by atoms with E-state index in [4.69, 9.17) is 5.73 Å². The Morgan fingerprint density at radius 2 is 2.39 bits per heavy atom. The van der Waals surface area contributed by atoms with Crippen LogP contribution in [-0.4, -0.2) is 22.4 Å². The molecule has 0 radical (unpaired) electrons. The SMILES string of the molecule is NCC#Cc1cc(C(=O)Nc2cnccn2)cs1. The minimum Gasteiger partial charge on any atom is -0.320 e. The molecule has 0 bridgehead atoms. The summed E-state index contributed by atoms with van der Waals surface area (Å²) in [5.41, 5.74) is 5.83. The molecular weight excluding hydrogens is 248 g/mol. The largest absolute Gasteiger partial charge is 0.320 e. The van der Waals surface area contributed by atoms with Crippen LogP contribution in [0.25, 0.3) is 0 Å². The molecule has 0 spiro atoms. The molecule has 2 aromatic heterocycles. The van der Waals surface area contributed by atoms with Crippen molar-refractivity contribution in [1.82, 2.24) is 9.97 Å². The number of nitrogens with two attached hydrogens (primary N) is 1. The van der Waals surface area contributed by atoms with Crippen LogP contribution < -0.4 is 11.1 Å². The van der Waals surface area contributed by atoms with Crippen molar-refractivity contribution in [1.29, 1.82) is 0 Å². The van der Waals surface area contributed by atoms with Crippen molar-refractivity contribution < 1.29 is 4.79 Å². The molecule has 0 saturated carbocycles. The lowest BCUT2D eigenvalue weighted by Gasteiger charge is -2.00. The second-order valence-electron chi connectivity index (χ2n) is 3.25. The van der Waals surface area contributed by atoms with Gasteiger partial charge in [0.15, 0.2) is 5.82 Å². The number of carbonyl (C=O) groups is 1. The van der Waals surface area contributed by atoms with E-state index in [-0.39, 0.29) is 5.91 Å². The summed E-state index contributed by atoms with van der Waals surface area (Å²) in [4.78, 5) is 20.5. The lowest BCUT2D eigenvalue weighted by molar-refractivity contribution is 0.102. The molecule has 0 aliphatic heterocycles. The molecule has 18 heavy (non-hydrogen) atoms. The third-order valence-corrected chi connectivity index (χ3v) is 2.83. The number of amides is 1. The molecule has 90 valence electrons. The number of anilines is 1. The standard InChI is InChI=1S/C12H10N4OS/c13-3-1-2-10-6-9(8-18-10)12(17)16-11-7-14-4-5-15-11/h4-8H,3,13H2,(H,15,16,17). The summed E-state index contributed by atoms with van der Waals surface area (Å²) in [7, 11) is 0. The van der Waals surface area contributed by atoms with Crippen LogP contribution in [0.3, 0.4) is 0 Å². The molecule has 6 heteroatoms. The van der Waals surface area contributed by atoms with E-state index in [0.717, 1.165) is 4.88 Å². The highest BCUT2D eigenvalue weighted by Gasteiger charge is 2.08. The van der Waals surface area contributed by atoms with Crippen molar-refractivity contribution >= 4 is 23.1 Å². The first-order chi connectivity index (χ1) is 8.79. The van der Waals surface area contributed by atoms with Gasteiger partial charge < -0.3 is 11.1 Å². The van der Waals surface area contributed by atoms with Gasteiger partial charge in [0.2, 0.25) is 0 Å². The topological polar surface area (TPSA) is 80.9 Å². The van der Waals surface area contributed by atoms with Gasteiger partial charge in [0.1, 0.15) is 0 Å². The maximum Gasteiger partial charge on any atom is 0.257 e. The maximum atomic E-state index is 11.9. The van der Waals surface area contributed by atoms with E-state index < -0.39 is 0 Å². The van der Waals surface area contributed by atoms with Gasteiger partial charge in [0.05, 0.1) is 23.2 Å². The Morgan fingerprint density at radius 3 is 3.11 bits per heavy atom. The molecule has 1 amide bonds. The lowest BCUT2D eigenvalue weighted by Crippen LogP contribution is -2.11. The summed E-state index contributed by atoms with van der Waals surface area (Å²) < 4.78 is 0. The van der Waals surface area contributed by atoms with Crippen molar-refractivity contribution in [3.05, 3.63) is 40.5 Å². The summed E-state index contributed by atoms with van der Waals surface area (Å²) in [5.74, 6) is 5.81. The van der Waals surface area contributed by atoms with Crippen molar-refractivity contribution in [3.8, 4) is 11.8 Å². The molecule has 2 heterocycles. The van der Waals surface area contributed by atoms with Crippen LogP contribution in [0.2, 0.25) is 0 Å². The molecule has 0 aliphatic rings. The minimum atomic E-state index is -0.229. The Kier molecular flexibility index (Phi) is 4.02. The average molecular weight is 258 g/mol. The first-order valence-electron chi connectivity index (χ1n) is 5.14. The van der Waals surface area contributed by atoms with Crippen LogP contribution >= 0.6 is 11.3 Å². The highest BCUT2D eigenvalue weighted by Crippen LogP contribution is 2.14. The summed E-state index contributed by atoms with van der Waals surface area (Å²) in [5, 5.41) is 4.39. The van der Waals surface area contributed by atoms with Gasteiger partial charge in [-0.2, -0.15) is 0 Å². The smallest absolute Gasteiger partial charge is 0.257 e. The first kappa shape index (κ1) is 12.2. The predicted octanol–water partition coefficient (Wildman–Crippen LogP) is 1.10. The summed E-state index contributed by atoms with van der Waals surface area (Å²) in [6.45, 7) is 0.305. The van der Waals surface area contributed by atoms with Gasteiger partial charge in [-0.15, -0.1) is 11.3 Å². The van der Waals surface area contributed by atoms with E-state index in [2.05, 4.69) is 27.1 Å². The molecule has 0 fully saturated rings. The van der Waals surface area contributed by atoms with Gasteiger partial charge in [-0.05, 0) is 6.07 Å². The van der Waals surface area contributed by atoms with E-state index in [1.165, 1.54) is 23.7 Å². The fourth-order valence-corrected chi connectivity index (χ4v) is 1.97. The Labute approximate surface area is 108 Å². The zero-order chi connectivity index (χ0) is 12.8. The highest BCUT2D eigenvalue weighted by molar-refractivity contribution is 7.10. The molecule has 3 N–H and O–H groups in total. The molecule has 0 unspecified atom stereocenters. The molecule has 2 rings (SSSR count). The fourth-order valence-electron chi connectivity index (χ4n) is 1.21. The van der Waals surface area contributed by atoms with Gasteiger partial charge in [-0.3, -0.25) is 9.78 Å². The average Bonchev–Trinajstić information content (AvgIpc) is 2.86. The number of nitrogens with zero attached hydrogens (tertiary/aromatic N) is 2. The number of carbonyl (C=O) groups excluding carboxylic acids is 1. The molecule has 0 aliphatic carbocycles. The first-order valence-corrected chi connectivity index (χ1v) is 6.02. The monoisotopic (exact) mass is 258 g/mol. The van der Waals surface area contributed by atoms with E-state index >= 15 is 0 Å². The summed E-state index contributed by atoms with van der Waals surface area (Å²) in [6.07, 6.45) is 4.54. The van der Waals surface area contributed by atoms with Crippen LogP contribution in [0.15, 0.2) is 30.0 Å². The van der Waals surface area contributed by atoms with Crippen molar-refractivity contribution in [2.24, 2.45) is 5.73 Å². The van der Waals surface area contributed by atoms with Gasteiger partial charge in [0.25, 0.3) is 5.91 Å². The molecule has 2 aromatic rings. The van der Waals surface area contributed by atoms with Crippen molar-refractivity contribution in [2.75, 3.05) is 11.9 Å².